The number of hydrogen-bond acceptors (Lipinski definition) is 6. The number of nitrogens with zero attached hydrogens (tertiary/aromatic N) is 6. The molecule has 130 valence electrons. The van der Waals surface area contributed by atoms with Gasteiger partial charge in [-0.15, -0.1) is 5.10 Å². The lowest BCUT2D eigenvalue weighted by Gasteiger charge is -2.26. The summed E-state index contributed by atoms with van der Waals surface area (Å²) >= 11 is 0. The predicted molar refractivity (Wildman–Crippen MR) is 87.3 cm³/mol. The second kappa shape index (κ2) is 7.57. The largest absolute Gasteiger partial charge is 0.364 e. The van der Waals surface area contributed by atoms with Crippen molar-refractivity contribution in [3.05, 3.63) is 29.9 Å². The first-order valence-electron chi connectivity index (χ1n) is 8.45. The molecule has 8 heteroatoms. The van der Waals surface area contributed by atoms with Gasteiger partial charge < -0.3 is 14.3 Å². The van der Waals surface area contributed by atoms with E-state index in [-0.39, 0.29) is 11.9 Å². The summed E-state index contributed by atoms with van der Waals surface area (Å²) in [6.07, 6.45) is 7.09. The van der Waals surface area contributed by atoms with Crippen LogP contribution >= 0.6 is 0 Å². The zero-order valence-corrected chi connectivity index (χ0v) is 14.3. The van der Waals surface area contributed by atoms with Crippen LogP contribution in [0.1, 0.15) is 48.4 Å². The molecule has 0 spiro atoms. The van der Waals surface area contributed by atoms with Crippen molar-refractivity contribution in [2.45, 2.75) is 38.8 Å². The van der Waals surface area contributed by atoms with E-state index in [1.54, 1.807) is 28.9 Å². The van der Waals surface area contributed by atoms with Crippen LogP contribution in [0.4, 0.5) is 0 Å². The Kier molecular flexibility index (Phi) is 5.24. The number of carbonyl (C=O) groups is 1. The van der Waals surface area contributed by atoms with Gasteiger partial charge in [-0.05, 0) is 32.9 Å². The van der Waals surface area contributed by atoms with Crippen molar-refractivity contribution < 1.29 is 9.32 Å². The summed E-state index contributed by atoms with van der Waals surface area (Å²) in [4.78, 5) is 16.6. The van der Waals surface area contributed by atoms with E-state index in [2.05, 4.69) is 20.4 Å². The Balaban J connectivity index is 1.56. The van der Waals surface area contributed by atoms with E-state index in [0.717, 1.165) is 26.2 Å². The highest BCUT2D eigenvalue weighted by Crippen LogP contribution is 2.18. The average molecular weight is 332 g/mol. The fourth-order valence-electron chi connectivity index (χ4n) is 2.92. The second-order valence-corrected chi connectivity index (χ2v) is 6.29. The quantitative estimate of drug-likeness (QED) is 0.799. The van der Waals surface area contributed by atoms with Crippen molar-refractivity contribution in [3.8, 4) is 0 Å². The molecule has 1 aliphatic rings. The number of hydrogen-bond donors (Lipinski definition) is 0. The maximum atomic E-state index is 12.5. The van der Waals surface area contributed by atoms with E-state index in [1.165, 1.54) is 25.5 Å². The topological polar surface area (TPSA) is 80.3 Å². The monoisotopic (exact) mass is 332 g/mol. The van der Waals surface area contributed by atoms with Gasteiger partial charge in [-0.25, -0.2) is 0 Å². The fourth-order valence-corrected chi connectivity index (χ4v) is 2.92. The van der Waals surface area contributed by atoms with Gasteiger partial charge in [-0.2, -0.15) is 0 Å². The molecule has 1 fully saturated rings. The Morgan fingerprint density at radius 2 is 2.12 bits per heavy atom. The molecule has 0 N–H and O–H groups in total. The van der Waals surface area contributed by atoms with Gasteiger partial charge in [0.15, 0.2) is 5.69 Å². The maximum absolute atomic E-state index is 12.5. The molecule has 3 heterocycles. The molecule has 0 aromatic carbocycles. The molecular weight excluding hydrogens is 308 g/mol. The zero-order valence-electron chi connectivity index (χ0n) is 14.3. The first-order valence-corrected chi connectivity index (χ1v) is 8.45. The summed E-state index contributed by atoms with van der Waals surface area (Å²) in [5.41, 5.74) is 1.06. The van der Waals surface area contributed by atoms with Crippen LogP contribution in [0.5, 0.6) is 0 Å². The van der Waals surface area contributed by atoms with Crippen LogP contribution in [0.2, 0.25) is 0 Å². The van der Waals surface area contributed by atoms with E-state index in [1.807, 2.05) is 6.92 Å². The number of piperidine rings is 1. The Labute approximate surface area is 141 Å². The fraction of sp³-hybridized carbons (Fsp3) is 0.625. The lowest BCUT2D eigenvalue weighted by molar-refractivity contribution is 0.0731. The van der Waals surface area contributed by atoms with Gasteiger partial charge in [0.05, 0.1) is 18.8 Å². The molecule has 1 atom stereocenters. The van der Waals surface area contributed by atoms with Gasteiger partial charge in [-0.1, -0.05) is 16.8 Å². The zero-order chi connectivity index (χ0) is 16.9. The number of likely N-dealkylation sites (tertiary alicyclic amines) is 1. The summed E-state index contributed by atoms with van der Waals surface area (Å²) in [5, 5.41) is 12.0. The van der Waals surface area contributed by atoms with E-state index in [4.69, 9.17) is 4.52 Å². The van der Waals surface area contributed by atoms with E-state index < -0.39 is 0 Å². The van der Waals surface area contributed by atoms with Crippen LogP contribution in [-0.2, 0) is 6.54 Å². The summed E-state index contributed by atoms with van der Waals surface area (Å²) in [7, 11) is 1.73. The number of aromatic nitrogens is 4. The molecule has 3 rings (SSSR count). The van der Waals surface area contributed by atoms with Crippen molar-refractivity contribution >= 4 is 5.91 Å². The minimum atomic E-state index is -0.185. The SMILES string of the molecule is CC(c1ccon1)N(C)C(=O)c1cn(CCN2CCCCC2)nn1. The van der Waals surface area contributed by atoms with Crippen LogP contribution < -0.4 is 0 Å². The summed E-state index contributed by atoms with van der Waals surface area (Å²) in [6, 6.07) is 1.57. The molecule has 1 aliphatic heterocycles. The Morgan fingerprint density at radius 3 is 2.83 bits per heavy atom. The van der Waals surface area contributed by atoms with Gasteiger partial charge in [0.25, 0.3) is 5.91 Å². The molecule has 0 saturated carbocycles. The van der Waals surface area contributed by atoms with Crippen LogP contribution in [0.25, 0.3) is 0 Å². The minimum absolute atomic E-state index is 0.172. The van der Waals surface area contributed by atoms with Crippen LogP contribution in [0.3, 0.4) is 0 Å². The van der Waals surface area contributed by atoms with Crippen molar-refractivity contribution in [2.75, 3.05) is 26.7 Å². The van der Waals surface area contributed by atoms with E-state index in [0.29, 0.717) is 11.4 Å². The molecule has 2 aromatic rings. The van der Waals surface area contributed by atoms with Gasteiger partial charge >= 0.3 is 0 Å². The van der Waals surface area contributed by atoms with Crippen molar-refractivity contribution in [3.63, 3.8) is 0 Å². The van der Waals surface area contributed by atoms with Crippen LogP contribution in [0, 0.1) is 0 Å². The molecule has 2 aromatic heterocycles. The molecular formula is C16H24N6O2. The standard InChI is InChI=1S/C16H24N6O2/c1-13(14-6-11-24-18-14)20(2)16(23)15-12-22(19-17-15)10-9-21-7-4-3-5-8-21/h6,11-13H,3-5,7-10H2,1-2H3. The van der Waals surface area contributed by atoms with Crippen LogP contribution in [-0.4, -0.2) is 62.5 Å². The average Bonchev–Trinajstić information content (AvgIpc) is 3.30. The Hall–Kier alpha value is -2.22. The molecule has 0 aliphatic carbocycles. The van der Waals surface area contributed by atoms with E-state index in [9.17, 15) is 4.79 Å². The van der Waals surface area contributed by atoms with Gasteiger partial charge in [0.1, 0.15) is 12.0 Å². The highest BCUT2D eigenvalue weighted by molar-refractivity contribution is 5.91. The van der Waals surface area contributed by atoms with Gasteiger partial charge in [-0.3, -0.25) is 9.48 Å². The van der Waals surface area contributed by atoms with Gasteiger partial charge in [0, 0.05) is 19.7 Å². The number of amides is 1. The summed E-state index contributed by atoms with van der Waals surface area (Å²) in [5.74, 6) is -0.172. The van der Waals surface area contributed by atoms with E-state index >= 15 is 0 Å². The Bertz CT molecular complexity index is 647. The molecule has 0 radical (unpaired) electrons. The first kappa shape index (κ1) is 16.6. The minimum Gasteiger partial charge on any atom is -0.364 e. The third-order valence-corrected chi connectivity index (χ3v) is 4.64. The van der Waals surface area contributed by atoms with Gasteiger partial charge in [0.2, 0.25) is 0 Å². The highest BCUT2D eigenvalue weighted by Gasteiger charge is 2.23. The van der Waals surface area contributed by atoms with Crippen molar-refractivity contribution in [2.24, 2.45) is 0 Å². The maximum Gasteiger partial charge on any atom is 0.276 e. The Morgan fingerprint density at radius 1 is 1.33 bits per heavy atom. The molecule has 1 saturated heterocycles. The third-order valence-electron chi connectivity index (χ3n) is 4.64. The van der Waals surface area contributed by atoms with Crippen molar-refractivity contribution in [1.82, 2.24) is 30.0 Å². The third kappa shape index (κ3) is 3.81. The smallest absolute Gasteiger partial charge is 0.276 e. The molecule has 1 unspecified atom stereocenters. The molecule has 8 nitrogen and oxygen atoms in total. The molecule has 1 amide bonds. The lowest BCUT2D eigenvalue weighted by Crippen LogP contribution is -2.32. The van der Waals surface area contributed by atoms with Crippen LogP contribution in [0.15, 0.2) is 23.0 Å². The summed E-state index contributed by atoms with van der Waals surface area (Å²) < 4.78 is 6.59. The lowest BCUT2D eigenvalue weighted by atomic mass is 10.1. The predicted octanol–water partition coefficient (Wildman–Crippen LogP) is 1.59. The number of rotatable bonds is 6. The normalized spacial score (nSPS) is 16.9. The van der Waals surface area contributed by atoms with Crippen molar-refractivity contribution in [1.29, 1.82) is 0 Å². The summed E-state index contributed by atoms with van der Waals surface area (Å²) in [6.45, 7) is 5.90. The molecule has 24 heavy (non-hydrogen) atoms. The molecule has 0 bridgehead atoms. The highest BCUT2D eigenvalue weighted by atomic mass is 16.5. The first-order chi connectivity index (χ1) is 11.6. The second-order valence-electron chi connectivity index (χ2n) is 6.29. The number of carbonyl (C=O) groups excluding carboxylic acids is 1.